The van der Waals surface area contributed by atoms with Crippen LogP contribution < -0.4 is 20.2 Å². The highest BCUT2D eigenvalue weighted by atomic mass is 127. The lowest BCUT2D eigenvalue weighted by Crippen LogP contribution is -2.73. The maximum Gasteiger partial charge on any atom is 0.471 e. The first-order valence-corrected chi connectivity index (χ1v) is 27.9. The second kappa shape index (κ2) is 24.7. The van der Waals surface area contributed by atoms with Crippen molar-refractivity contribution in [1.82, 2.24) is 9.80 Å². The predicted octanol–water partition coefficient (Wildman–Crippen LogP) is 10.6. The Morgan fingerprint density at radius 3 is 1.82 bits per heavy atom. The molecular weight excluding hydrogens is 1270 g/mol. The van der Waals surface area contributed by atoms with E-state index in [0.717, 1.165) is 95.6 Å². The molecular formula is C51H48F8I2N10O5S. The summed E-state index contributed by atoms with van der Waals surface area (Å²) >= 11 is 4.44. The molecule has 2 atom stereocenters. The van der Waals surface area contributed by atoms with Crippen molar-refractivity contribution < 1.29 is 57.3 Å². The molecule has 15 nitrogen and oxygen atoms in total. The van der Waals surface area contributed by atoms with Crippen LogP contribution in [0.3, 0.4) is 0 Å². The van der Waals surface area contributed by atoms with E-state index >= 15 is 0 Å². The predicted molar refractivity (Wildman–Crippen MR) is 289 cm³/mol. The Morgan fingerprint density at radius 2 is 1.27 bits per heavy atom. The number of piperidine rings is 3. The van der Waals surface area contributed by atoms with Crippen molar-refractivity contribution in [1.29, 1.82) is 10.5 Å². The monoisotopic (exact) mass is 1320 g/mol. The van der Waals surface area contributed by atoms with Gasteiger partial charge < -0.3 is 18.9 Å². The highest BCUT2D eigenvalue weighted by Gasteiger charge is 2.68. The summed E-state index contributed by atoms with van der Waals surface area (Å²) in [5.41, 5.74) is 0.707. The summed E-state index contributed by atoms with van der Waals surface area (Å²) in [6, 6.07) is 24.8. The molecule has 0 spiro atoms. The standard InChI is InChI=1S/C25H22F4IN5O.C16H19IN2O.C10H7F4N3O3S/c26-21-9-8-19(14-16(21)15-31)35-24(33-11-2-1-3-12-33)20(22(32-35)25(27,28)29)10-13-34(23(24)36)18-6-4-17(30)5-7-18;17-13-6-8-14(9-7-13)19-12-4-5-15(16(19)20)18-10-2-1-3-11-18;1-21(18,19)20-9(10(12,13)14)17-16-7-2-3-8(11)6(4-7)5-15/h4-9,14,20H,1-3,10-13H2;5-9H,1-4,10-12H2;2-4,16H,1H3/b;;17-9-/t20-,24+;;/m0../s1. The van der Waals surface area contributed by atoms with E-state index in [1.807, 2.05) is 34.6 Å². The Balaban J connectivity index is 0.000000180. The summed E-state index contributed by atoms with van der Waals surface area (Å²) in [6.07, 6.45) is -0.316. The van der Waals surface area contributed by atoms with Crippen molar-refractivity contribution in [3.63, 3.8) is 0 Å². The van der Waals surface area contributed by atoms with Gasteiger partial charge in [-0.25, -0.2) is 13.8 Å². The van der Waals surface area contributed by atoms with Crippen LogP contribution in [0.5, 0.6) is 0 Å². The van der Waals surface area contributed by atoms with E-state index in [2.05, 4.69) is 82.7 Å². The van der Waals surface area contributed by atoms with Gasteiger partial charge in [0.2, 0.25) is 5.66 Å². The zero-order valence-electron chi connectivity index (χ0n) is 40.9. The van der Waals surface area contributed by atoms with Crippen molar-refractivity contribution in [3.8, 4) is 12.1 Å². The molecule has 5 heterocycles. The highest BCUT2D eigenvalue weighted by Crippen LogP contribution is 2.50. The number of rotatable bonds is 8. The van der Waals surface area contributed by atoms with Gasteiger partial charge in [-0.1, -0.05) is 12.5 Å². The van der Waals surface area contributed by atoms with Gasteiger partial charge in [0.25, 0.3) is 11.8 Å². The number of nitrogens with zero attached hydrogens (tertiary/aromatic N) is 9. The van der Waals surface area contributed by atoms with E-state index in [1.165, 1.54) is 39.9 Å². The Labute approximate surface area is 466 Å². The number of hydrogen-bond donors (Lipinski definition) is 1. The normalized spacial score (nSPS) is 20.3. The second-order valence-corrected chi connectivity index (χ2v) is 22.2. The topological polar surface area (TPSA) is 178 Å². The van der Waals surface area contributed by atoms with E-state index < -0.39 is 68.8 Å². The van der Waals surface area contributed by atoms with Crippen LogP contribution in [0.2, 0.25) is 0 Å². The Hall–Kier alpha value is -6.11. The van der Waals surface area contributed by atoms with Crippen LogP contribution in [0, 0.1) is 47.4 Å². The highest BCUT2D eigenvalue weighted by molar-refractivity contribution is 14.1. The maximum atomic E-state index is 14.5. The van der Waals surface area contributed by atoms with Crippen LogP contribution in [-0.4, -0.2) is 105 Å². The minimum absolute atomic E-state index is 0.0510. The molecule has 0 radical (unpaired) electrons. The molecule has 1 N–H and O–H groups in total. The molecule has 3 saturated heterocycles. The fraction of sp³-hybridized carbons (Fsp3) is 0.373. The summed E-state index contributed by atoms with van der Waals surface area (Å²) in [5.74, 6) is -5.28. The SMILES string of the molecule is CS(=O)(=O)O/C(=N\Nc1ccc(F)c(C#N)c1)C(F)(F)F.N#Cc1cc(N2N=C(C(F)(F)F)[C@@H]3CCN(c4ccc(I)cc4)C(=O)[C@@]32N2CCCCC2)ccc1F.O=C1C(N2CCCCC2)=CCCN1c1ccc(I)cc1. The van der Waals surface area contributed by atoms with Crippen molar-refractivity contribution >= 4 is 101 Å². The van der Waals surface area contributed by atoms with Gasteiger partial charge in [0.15, 0.2) is 0 Å². The van der Waals surface area contributed by atoms with Gasteiger partial charge in [0.05, 0.1) is 40.4 Å². The molecule has 9 rings (SSSR count). The van der Waals surface area contributed by atoms with Crippen LogP contribution in [-0.2, 0) is 23.9 Å². The Morgan fingerprint density at radius 1 is 0.740 bits per heavy atom. The molecule has 26 heteroatoms. The molecule has 4 aromatic carbocycles. The first kappa shape index (κ1) is 58.6. The van der Waals surface area contributed by atoms with E-state index in [4.69, 9.17) is 5.26 Å². The van der Waals surface area contributed by atoms with Crippen LogP contribution in [0.4, 0.5) is 57.9 Å². The van der Waals surface area contributed by atoms with Gasteiger partial charge in [-0.3, -0.25) is 19.9 Å². The zero-order chi connectivity index (χ0) is 55.9. The zero-order valence-corrected chi connectivity index (χ0v) is 46.0. The molecule has 0 aromatic heterocycles. The lowest BCUT2D eigenvalue weighted by atomic mass is 9.78. The Bertz CT molecular complexity index is 3120. The average molecular weight is 1320 g/mol. The van der Waals surface area contributed by atoms with Gasteiger partial charge in [-0.05, 0) is 175 Å². The van der Waals surface area contributed by atoms with Gasteiger partial charge in [0, 0.05) is 57.8 Å². The lowest BCUT2D eigenvalue weighted by Gasteiger charge is -2.53. The van der Waals surface area contributed by atoms with Crippen molar-refractivity contribution in [2.24, 2.45) is 16.1 Å². The van der Waals surface area contributed by atoms with E-state index in [0.29, 0.717) is 25.0 Å². The lowest BCUT2D eigenvalue weighted by molar-refractivity contribution is -0.136. The summed E-state index contributed by atoms with van der Waals surface area (Å²) in [4.78, 5) is 34.7. The number of likely N-dealkylation sites (tertiary alicyclic amines) is 2. The summed E-state index contributed by atoms with van der Waals surface area (Å²) in [7, 11) is -4.43. The number of nitriles is 2. The molecule has 3 fully saturated rings. The number of alkyl halides is 6. The molecule has 408 valence electrons. The molecule has 0 bridgehead atoms. The minimum Gasteiger partial charge on any atom is -0.367 e. The number of hydrogen-bond acceptors (Lipinski definition) is 13. The van der Waals surface area contributed by atoms with Crippen molar-refractivity contribution in [3.05, 3.63) is 127 Å². The molecule has 77 heavy (non-hydrogen) atoms. The number of hydrazone groups is 2. The summed E-state index contributed by atoms with van der Waals surface area (Å²) in [5, 5.41) is 25.8. The number of carbonyl (C=O) groups excluding carboxylic acids is 2. The quantitative estimate of drug-likeness (QED) is 0.0443. The van der Waals surface area contributed by atoms with Gasteiger partial charge in [-0.15, -0.1) is 5.10 Å². The molecule has 0 saturated carbocycles. The first-order chi connectivity index (χ1) is 36.5. The summed E-state index contributed by atoms with van der Waals surface area (Å²) < 4.78 is 135. The number of amides is 2. The number of nitrogens with one attached hydrogen (secondary N) is 1. The number of benzene rings is 4. The molecule has 2 amide bonds. The van der Waals surface area contributed by atoms with Crippen molar-refractivity contribution in [2.75, 3.05) is 65.8 Å². The average Bonchev–Trinajstić information content (AvgIpc) is 3.94. The Kier molecular flexibility index (Phi) is 18.8. The largest absolute Gasteiger partial charge is 0.471 e. The maximum absolute atomic E-state index is 14.5. The second-order valence-electron chi connectivity index (χ2n) is 18.1. The van der Waals surface area contributed by atoms with E-state index in [1.54, 1.807) is 23.1 Å². The third kappa shape index (κ3) is 13.8. The van der Waals surface area contributed by atoms with E-state index in [9.17, 15) is 58.4 Å². The minimum atomic E-state index is -5.16. The van der Waals surface area contributed by atoms with Crippen LogP contribution in [0.15, 0.2) is 107 Å². The fourth-order valence-corrected chi connectivity index (χ4v) is 10.7. The van der Waals surface area contributed by atoms with Crippen LogP contribution >= 0.6 is 45.2 Å². The van der Waals surface area contributed by atoms with E-state index in [-0.39, 0.29) is 35.8 Å². The fourth-order valence-electron chi connectivity index (χ4n) is 9.55. The molecule has 5 aliphatic heterocycles. The van der Waals surface area contributed by atoms with Gasteiger partial charge in [-0.2, -0.15) is 50.4 Å². The number of anilines is 4. The van der Waals surface area contributed by atoms with Crippen LogP contribution in [0.25, 0.3) is 0 Å². The molecule has 0 unspecified atom stereocenters. The molecule has 5 aliphatic rings. The van der Waals surface area contributed by atoms with Crippen molar-refractivity contribution in [2.45, 2.75) is 69.4 Å². The smallest absolute Gasteiger partial charge is 0.367 e. The number of halogens is 10. The number of carbonyl (C=O) groups is 2. The third-order valence-electron chi connectivity index (χ3n) is 13.0. The summed E-state index contributed by atoms with van der Waals surface area (Å²) in [6.45, 7) is 3.79. The number of fused-ring (bicyclic) bond motifs is 1. The van der Waals surface area contributed by atoms with Crippen LogP contribution in [0.1, 0.15) is 62.5 Å². The third-order valence-corrected chi connectivity index (χ3v) is 14.9. The van der Waals surface area contributed by atoms with Gasteiger partial charge >= 0.3 is 28.4 Å². The molecule has 0 aliphatic carbocycles. The van der Waals surface area contributed by atoms with Gasteiger partial charge in [0.1, 0.15) is 29.5 Å². The first-order valence-electron chi connectivity index (χ1n) is 24.0. The molecule has 4 aromatic rings.